The van der Waals surface area contributed by atoms with E-state index in [9.17, 15) is 4.79 Å². The normalized spacial score (nSPS) is 22.1. The van der Waals surface area contributed by atoms with Crippen molar-refractivity contribution < 1.29 is 9.53 Å². The summed E-state index contributed by atoms with van der Waals surface area (Å²) in [5.74, 6) is -0.373. The fourth-order valence-electron chi connectivity index (χ4n) is 1.76. The quantitative estimate of drug-likeness (QED) is 0.784. The zero-order chi connectivity index (χ0) is 11.4. The van der Waals surface area contributed by atoms with Crippen molar-refractivity contribution in [1.29, 1.82) is 0 Å². The minimum absolute atomic E-state index is 0.203. The van der Waals surface area contributed by atoms with Gasteiger partial charge in [0.05, 0.1) is 16.5 Å². The van der Waals surface area contributed by atoms with E-state index in [4.69, 9.17) is 10.5 Å². The largest absolute Gasteiger partial charge is 0.377 e. The Bertz CT molecular complexity index is 336. The Morgan fingerprint density at radius 1 is 1.81 bits per heavy atom. The topological polar surface area (TPSA) is 77.2 Å². The van der Waals surface area contributed by atoms with Crippen molar-refractivity contribution in [2.45, 2.75) is 25.0 Å². The Morgan fingerprint density at radius 3 is 3.25 bits per heavy atom. The van der Waals surface area contributed by atoms with Gasteiger partial charge in [-0.25, -0.2) is 0 Å². The number of carbonyl (C=O) groups excluding carboxylic acids is 1. The zero-order valence-corrected chi connectivity index (χ0v) is 9.70. The van der Waals surface area contributed by atoms with Gasteiger partial charge in [0.2, 0.25) is 5.91 Å². The van der Waals surface area contributed by atoms with Gasteiger partial charge >= 0.3 is 0 Å². The number of aromatic nitrogens is 1. The van der Waals surface area contributed by atoms with Gasteiger partial charge in [0.25, 0.3) is 0 Å². The highest BCUT2D eigenvalue weighted by Gasteiger charge is 2.22. The SMILES string of the molecule is NC(=O)C(NCC1CCCO1)c1cncs1. The second-order valence-corrected chi connectivity index (χ2v) is 4.70. The molecule has 1 aromatic heterocycles. The van der Waals surface area contributed by atoms with Crippen LogP contribution in [0.2, 0.25) is 0 Å². The molecule has 0 bridgehead atoms. The van der Waals surface area contributed by atoms with Gasteiger partial charge in [-0.3, -0.25) is 15.1 Å². The number of carbonyl (C=O) groups is 1. The van der Waals surface area contributed by atoms with E-state index in [1.165, 1.54) is 11.3 Å². The molecule has 0 radical (unpaired) electrons. The predicted octanol–water partition coefficient (Wildman–Crippen LogP) is 0.438. The number of nitrogens with two attached hydrogens (primary N) is 1. The molecule has 2 heterocycles. The van der Waals surface area contributed by atoms with E-state index in [0.29, 0.717) is 6.54 Å². The molecule has 0 saturated carbocycles. The number of nitrogens with zero attached hydrogens (tertiary/aromatic N) is 1. The number of amides is 1. The van der Waals surface area contributed by atoms with Crippen LogP contribution in [0, 0.1) is 0 Å². The maximum absolute atomic E-state index is 11.3. The van der Waals surface area contributed by atoms with Crippen LogP contribution in [0.15, 0.2) is 11.7 Å². The molecule has 1 aliphatic rings. The summed E-state index contributed by atoms with van der Waals surface area (Å²) in [5, 5.41) is 3.13. The Balaban J connectivity index is 1.90. The number of thiazole rings is 1. The van der Waals surface area contributed by atoms with Gasteiger partial charge < -0.3 is 10.5 Å². The molecule has 1 amide bonds. The summed E-state index contributed by atoms with van der Waals surface area (Å²) in [7, 11) is 0. The molecule has 2 rings (SSSR count). The fraction of sp³-hybridized carbons (Fsp3) is 0.600. The van der Waals surface area contributed by atoms with E-state index in [1.54, 1.807) is 11.7 Å². The van der Waals surface area contributed by atoms with Gasteiger partial charge in [0.15, 0.2) is 0 Å². The Morgan fingerprint density at radius 2 is 2.69 bits per heavy atom. The highest BCUT2D eigenvalue weighted by Crippen LogP contribution is 2.18. The van der Waals surface area contributed by atoms with E-state index in [-0.39, 0.29) is 12.0 Å². The van der Waals surface area contributed by atoms with Crippen molar-refractivity contribution in [3.63, 3.8) is 0 Å². The minimum Gasteiger partial charge on any atom is -0.377 e. The number of hydrogen-bond acceptors (Lipinski definition) is 5. The summed E-state index contributed by atoms with van der Waals surface area (Å²) in [4.78, 5) is 16.1. The van der Waals surface area contributed by atoms with Crippen LogP contribution >= 0.6 is 11.3 Å². The molecule has 1 aromatic rings. The average Bonchev–Trinajstić information content (AvgIpc) is 2.88. The molecule has 0 spiro atoms. The smallest absolute Gasteiger partial charge is 0.240 e. The molecule has 2 atom stereocenters. The molecule has 1 fully saturated rings. The number of primary amides is 1. The van der Waals surface area contributed by atoms with Crippen molar-refractivity contribution in [3.05, 3.63) is 16.6 Å². The molecule has 6 heteroatoms. The molecule has 0 aliphatic carbocycles. The number of rotatable bonds is 5. The minimum atomic E-state index is -0.448. The van der Waals surface area contributed by atoms with E-state index in [0.717, 1.165) is 24.3 Å². The van der Waals surface area contributed by atoms with E-state index in [2.05, 4.69) is 10.3 Å². The summed E-state index contributed by atoms with van der Waals surface area (Å²) >= 11 is 1.43. The van der Waals surface area contributed by atoms with Crippen molar-refractivity contribution >= 4 is 17.2 Å². The Kier molecular flexibility index (Phi) is 3.87. The van der Waals surface area contributed by atoms with E-state index in [1.807, 2.05) is 0 Å². The fourth-order valence-corrected chi connectivity index (χ4v) is 2.46. The maximum Gasteiger partial charge on any atom is 0.240 e. The number of ether oxygens (including phenoxy) is 1. The van der Waals surface area contributed by atoms with Crippen LogP contribution in [0.4, 0.5) is 0 Å². The lowest BCUT2D eigenvalue weighted by Gasteiger charge is -2.16. The highest BCUT2D eigenvalue weighted by atomic mass is 32.1. The molecule has 2 unspecified atom stereocenters. The summed E-state index contributed by atoms with van der Waals surface area (Å²) in [6.45, 7) is 1.47. The molecule has 88 valence electrons. The second-order valence-electron chi connectivity index (χ2n) is 3.78. The second kappa shape index (κ2) is 5.38. The predicted molar refractivity (Wildman–Crippen MR) is 61.0 cm³/mol. The average molecular weight is 241 g/mol. The van der Waals surface area contributed by atoms with Crippen LogP contribution in [0.3, 0.4) is 0 Å². The van der Waals surface area contributed by atoms with Gasteiger partial charge in [-0.2, -0.15) is 0 Å². The molecule has 3 N–H and O–H groups in total. The Labute approximate surface area is 98.0 Å². The van der Waals surface area contributed by atoms with Crippen LogP contribution in [-0.2, 0) is 9.53 Å². The van der Waals surface area contributed by atoms with E-state index < -0.39 is 6.04 Å². The summed E-state index contributed by atoms with van der Waals surface area (Å²) in [5.41, 5.74) is 7.04. The van der Waals surface area contributed by atoms with Gasteiger partial charge in [-0.15, -0.1) is 11.3 Å². The van der Waals surface area contributed by atoms with E-state index >= 15 is 0 Å². The van der Waals surface area contributed by atoms with Gasteiger partial charge in [0, 0.05) is 19.3 Å². The van der Waals surface area contributed by atoms with Gasteiger partial charge in [0.1, 0.15) is 6.04 Å². The number of hydrogen-bond donors (Lipinski definition) is 2. The first-order chi connectivity index (χ1) is 7.77. The molecular formula is C10H15N3O2S. The lowest BCUT2D eigenvalue weighted by molar-refractivity contribution is -0.120. The lowest BCUT2D eigenvalue weighted by Crippen LogP contribution is -2.37. The van der Waals surface area contributed by atoms with Gasteiger partial charge in [-0.05, 0) is 12.8 Å². The maximum atomic E-state index is 11.3. The lowest BCUT2D eigenvalue weighted by atomic mass is 10.2. The first-order valence-corrected chi connectivity index (χ1v) is 6.18. The van der Waals surface area contributed by atoms with Crippen molar-refractivity contribution in [3.8, 4) is 0 Å². The standard InChI is InChI=1S/C10H15N3O2S/c11-10(14)9(8-5-12-6-16-8)13-4-7-2-1-3-15-7/h5-7,9,13H,1-4H2,(H2,11,14). The van der Waals surface area contributed by atoms with Crippen LogP contribution in [-0.4, -0.2) is 30.1 Å². The van der Waals surface area contributed by atoms with Crippen LogP contribution < -0.4 is 11.1 Å². The monoisotopic (exact) mass is 241 g/mol. The molecule has 1 aliphatic heterocycles. The number of nitrogens with one attached hydrogen (secondary N) is 1. The molecule has 1 saturated heterocycles. The molecule has 5 nitrogen and oxygen atoms in total. The van der Waals surface area contributed by atoms with Crippen molar-refractivity contribution in [2.24, 2.45) is 5.73 Å². The first-order valence-electron chi connectivity index (χ1n) is 5.30. The molecular weight excluding hydrogens is 226 g/mol. The third kappa shape index (κ3) is 2.78. The third-order valence-corrected chi connectivity index (χ3v) is 3.43. The van der Waals surface area contributed by atoms with Gasteiger partial charge in [-0.1, -0.05) is 0 Å². The third-order valence-electron chi connectivity index (χ3n) is 2.59. The zero-order valence-electron chi connectivity index (χ0n) is 8.89. The first kappa shape index (κ1) is 11.5. The van der Waals surface area contributed by atoms with Crippen LogP contribution in [0.1, 0.15) is 23.8 Å². The summed E-state index contributed by atoms with van der Waals surface area (Å²) in [6, 6.07) is -0.448. The van der Waals surface area contributed by atoms with Crippen molar-refractivity contribution in [1.82, 2.24) is 10.3 Å². The Hall–Kier alpha value is -0.980. The molecule has 16 heavy (non-hydrogen) atoms. The molecule has 0 aromatic carbocycles. The summed E-state index contributed by atoms with van der Waals surface area (Å²) < 4.78 is 5.47. The highest BCUT2D eigenvalue weighted by molar-refractivity contribution is 7.09. The summed E-state index contributed by atoms with van der Waals surface area (Å²) in [6.07, 6.45) is 4.01. The van der Waals surface area contributed by atoms with Crippen LogP contribution in [0.25, 0.3) is 0 Å². The van der Waals surface area contributed by atoms with Crippen LogP contribution in [0.5, 0.6) is 0 Å². The van der Waals surface area contributed by atoms with Crippen molar-refractivity contribution in [2.75, 3.05) is 13.2 Å².